The van der Waals surface area contributed by atoms with Gasteiger partial charge in [-0.2, -0.15) is 0 Å². The highest BCUT2D eigenvalue weighted by molar-refractivity contribution is 9.10. The maximum atomic E-state index is 12.3. The molecule has 1 N–H and O–H groups in total. The molecule has 1 aromatic heterocycles. The molecule has 0 fully saturated rings. The second-order valence-corrected chi connectivity index (χ2v) is 6.60. The molecular formula is C19H18BrNO2. The Morgan fingerprint density at radius 1 is 1.26 bits per heavy atom. The number of furan rings is 1. The highest BCUT2D eigenvalue weighted by Gasteiger charge is 2.14. The van der Waals surface area contributed by atoms with E-state index in [1.807, 2.05) is 56.3 Å². The maximum absolute atomic E-state index is 12.3. The highest BCUT2D eigenvalue weighted by atomic mass is 79.9. The van der Waals surface area contributed by atoms with E-state index in [0.29, 0.717) is 6.42 Å². The van der Waals surface area contributed by atoms with Crippen LogP contribution in [0.25, 0.3) is 11.0 Å². The normalized spacial score (nSPS) is 12.3. The largest absolute Gasteiger partial charge is 0.464 e. The van der Waals surface area contributed by atoms with Gasteiger partial charge in [0.15, 0.2) is 0 Å². The Morgan fingerprint density at radius 2 is 2.04 bits per heavy atom. The number of benzene rings is 2. The summed E-state index contributed by atoms with van der Waals surface area (Å²) in [6.45, 7) is 4.00. The van der Waals surface area contributed by atoms with E-state index in [0.717, 1.165) is 32.1 Å². The molecule has 3 nitrogen and oxygen atoms in total. The van der Waals surface area contributed by atoms with Gasteiger partial charge in [0.2, 0.25) is 5.91 Å². The van der Waals surface area contributed by atoms with Gasteiger partial charge in [0.05, 0.1) is 18.7 Å². The number of carbonyl (C=O) groups is 1. The van der Waals surface area contributed by atoms with Gasteiger partial charge in [-0.15, -0.1) is 0 Å². The number of halogens is 1. The van der Waals surface area contributed by atoms with E-state index in [9.17, 15) is 4.79 Å². The van der Waals surface area contributed by atoms with Crippen LogP contribution in [0.2, 0.25) is 0 Å². The van der Waals surface area contributed by atoms with Gasteiger partial charge >= 0.3 is 0 Å². The van der Waals surface area contributed by atoms with E-state index >= 15 is 0 Å². The van der Waals surface area contributed by atoms with E-state index in [4.69, 9.17) is 4.42 Å². The standard InChI is InChI=1S/C19H18BrNO2/c1-12-7-8-16-14(11-23-18(16)9-12)10-19(22)21-13(2)15-5-3-4-6-17(15)20/h3-9,11,13H,10H2,1-2H3,(H,21,22). The van der Waals surface area contributed by atoms with Crippen molar-refractivity contribution in [1.29, 1.82) is 0 Å². The van der Waals surface area contributed by atoms with Crippen molar-refractivity contribution in [3.63, 3.8) is 0 Å². The lowest BCUT2D eigenvalue weighted by molar-refractivity contribution is -0.121. The Balaban J connectivity index is 1.72. The first-order valence-electron chi connectivity index (χ1n) is 7.55. The molecule has 23 heavy (non-hydrogen) atoms. The molecule has 0 saturated heterocycles. The third kappa shape index (κ3) is 3.48. The SMILES string of the molecule is Cc1ccc2c(CC(=O)NC(C)c3ccccc3Br)coc2c1. The number of rotatable bonds is 4. The highest BCUT2D eigenvalue weighted by Crippen LogP contribution is 2.24. The minimum atomic E-state index is -0.0570. The lowest BCUT2D eigenvalue weighted by Crippen LogP contribution is -2.28. The molecular weight excluding hydrogens is 354 g/mol. The van der Waals surface area contributed by atoms with E-state index in [1.165, 1.54) is 0 Å². The van der Waals surface area contributed by atoms with Crippen molar-refractivity contribution < 1.29 is 9.21 Å². The predicted molar refractivity (Wildman–Crippen MR) is 95.4 cm³/mol. The average Bonchev–Trinajstić information content (AvgIpc) is 2.89. The van der Waals surface area contributed by atoms with Gasteiger partial charge < -0.3 is 9.73 Å². The van der Waals surface area contributed by atoms with Crippen LogP contribution in [-0.2, 0) is 11.2 Å². The molecule has 2 aromatic carbocycles. The zero-order valence-electron chi connectivity index (χ0n) is 13.1. The molecule has 0 radical (unpaired) electrons. The Bertz CT molecular complexity index is 853. The van der Waals surface area contributed by atoms with Crippen LogP contribution in [0, 0.1) is 6.92 Å². The maximum Gasteiger partial charge on any atom is 0.225 e. The predicted octanol–water partition coefficient (Wildman–Crippen LogP) is 4.92. The van der Waals surface area contributed by atoms with Crippen LogP contribution < -0.4 is 5.32 Å². The Labute approximate surface area is 143 Å². The summed E-state index contributed by atoms with van der Waals surface area (Å²) in [4.78, 5) is 12.3. The van der Waals surface area contributed by atoms with Crippen molar-refractivity contribution in [2.75, 3.05) is 0 Å². The fourth-order valence-electron chi connectivity index (χ4n) is 2.70. The van der Waals surface area contributed by atoms with Gasteiger partial charge in [-0.1, -0.05) is 46.3 Å². The molecule has 1 atom stereocenters. The zero-order chi connectivity index (χ0) is 16.4. The lowest BCUT2D eigenvalue weighted by Gasteiger charge is -2.15. The number of hydrogen-bond donors (Lipinski definition) is 1. The van der Waals surface area contributed by atoms with Gasteiger partial charge in [-0.3, -0.25) is 4.79 Å². The van der Waals surface area contributed by atoms with Gasteiger partial charge in [0.1, 0.15) is 5.58 Å². The number of carbonyl (C=O) groups excluding carboxylic acids is 1. The molecule has 0 aliphatic rings. The van der Waals surface area contributed by atoms with Gasteiger partial charge in [0, 0.05) is 15.4 Å². The molecule has 1 unspecified atom stereocenters. The third-order valence-corrected chi connectivity index (χ3v) is 4.63. The summed E-state index contributed by atoms with van der Waals surface area (Å²) in [7, 11) is 0. The fourth-order valence-corrected chi connectivity index (χ4v) is 3.32. The third-order valence-electron chi connectivity index (χ3n) is 3.91. The number of amides is 1. The van der Waals surface area contributed by atoms with Gasteiger partial charge in [0.25, 0.3) is 0 Å². The van der Waals surface area contributed by atoms with Crippen LogP contribution in [0.3, 0.4) is 0 Å². The summed E-state index contributed by atoms with van der Waals surface area (Å²) in [6.07, 6.45) is 1.98. The zero-order valence-corrected chi connectivity index (χ0v) is 14.7. The van der Waals surface area contributed by atoms with Crippen LogP contribution in [0.4, 0.5) is 0 Å². The average molecular weight is 372 g/mol. The molecule has 0 saturated carbocycles. The number of fused-ring (bicyclic) bond motifs is 1. The topological polar surface area (TPSA) is 42.2 Å². The van der Waals surface area contributed by atoms with Gasteiger partial charge in [-0.25, -0.2) is 0 Å². The van der Waals surface area contributed by atoms with E-state index in [1.54, 1.807) is 6.26 Å². The van der Waals surface area contributed by atoms with Crippen molar-refractivity contribution >= 4 is 32.8 Å². The van der Waals surface area contributed by atoms with Gasteiger partial charge in [-0.05, 0) is 37.1 Å². The molecule has 0 spiro atoms. The number of hydrogen-bond acceptors (Lipinski definition) is 2. The second-order valence-electron chi connectivity index (χ2n) is 5.75. The second kappa shape index (κ2) is 6.59. The first-order chi connectivity index (χ1) is 11.0. The first kappa shape index (κ1) is 15.8. The molecule has 4 heteroatoms. The van der Waals surface area contributed by atoms with Crippen LogP contribution in [-0.4, -0.2) is 5.91 Å². The lowest BCUT2D eigenvalue weighted by atomic mass is 10.1. The molecule has 3 rings (SSSR count). The molecule has 0 aliphatic carbocycles. The monoisotopic (exact) mass is 371 g/mol. The van der Waals surface area contributed by atoms with Crippen LogP contribution in [0.1, 0.15) is 29.7 Å². The van der Waals surface area contributed by atoms with Crippen LogP contribution >= 0.6 is 15.9 Å². The van der Waals surface area contributed by atoms with Crippen molar-refractivity contribution in [3.8, 4) is 0 Å². The van der Waals surface area contributed by atoms with E-state index in [2.05, 4.69) is 21.2 Å². The molecule has 1 heterocycles. The smallest absolute Gasteiger partial charge is 0.225 e. The van der Waals surface area contributed by atoms with Crippen molar-refractivity contribution in [2.24, 2.45) is 0 Å². The van der Waals surface area contributed by atoms with Crippen LogP contribution in [0.15, 0.2) is 57.6 Å². The van der Waals surface area contributed by atoms with E-state index in [-0.39, 0.29) is 11.9 Å². The molecule has 0 aliphatic heterocycles. The molecule has 1 amide bonds. The van der Waals surface area contributed by atoms with E-state index < -0.39 is 0 Å². The first-order valence-corrected chi connectivity index (χ1v) is 8.34. The number of nitrogens with one attached hydrogen (secondary N) is 1. The summed E-state index contributed by atoms with van der Waals surface area (Å²) in [5, 5.41) is 4.04. The fraction of sp³-hybridized carbons (Fsp3) is 0.211. The minimum Gasteiger partial charge on any atom is -0.464 e. The molecule has 0 bridgehead atoms. The quantitative estimate of drug-likeness (QED) is 0.706. The summed E-state index contributed by atoms with van der Waals surface area (Å²) >= 11 is 3.52. The van der Waals surface area contributed by atoms with Crippen molar-refractivity contribution in [3.05, 3.63) is 69.9 Å². The minimum absolute atomic E-state index is 0.0171. The molecule has 3 aromatic rings. The Morgan fingerprint density at radius 3 is 2.83 bits per heavy atom. The van der Waals surface area contributed by atoms with Crippen molar-refractivity contribution in [1.82, 2.24) is 5.32 Å². The van der Waals surface area contributed by atoms with Crippen LogP contribution in [0.5, 0.6) is 0 Å². The molecule has 118 valence electrons. The summed E-state index contributed by atoms with van der Waals surface area (Å²) in [5.41, 5.74) is 3.95. The Hall–Kier alpha value is -2.07. The summed E-state index contributed by atoms with van der Waals surface area (Å²) in [6, 6.07) is 13.9. The summed E-state index contributed by atoms with van der Waals surface area (Å²) < 4.78 is 6.55. The van der Waals surface area contributed by atoms with Crippen molar-refractivity contribution in [2.45, 2.75) is 26.3 Å². The summed E-state index contributed by atoms with van der Waals surface area (Å²) in [5.74, 6) is -0.0171. The number of aryl methyl sites for hydroxylation is 1. The Kier molecular flexibility index (Phi) is 4.53.